The molecular formula is C13H15N3O3S. The largest absolute Gasteiger partial charge is 0.477 e. The third-order valence-electron chi connectivity index (χ3n) is 2.73. The topological polar surface area (TPSA) is 84.2 Å². The number of rotatable bonds is 5. The van der Waals surface area contributed by atoms with Gasteiger partial charge in [0.25, 0.3) is 0 Å². The second kappa shape index (κ2) is 5.87. The average molecular weight is 293 g/mol. The van der Waals surface area contributed by atoms with Crippen molar-refractivity contribution in [3.8, 4) is 0 Å². The number of carbonyl (C=O) groups excluding carboxylic acids is 1. The average Bonchev–Trinajstić information content (AvgIpc) is 2.94. The molecule has 2 aromatic rings. The molecule has 0 spiro atoms. The number of aryl methyl sites for hydroxylation is 3. The Kier molecular flexibility index (Phi) is 4.19. The van der Waals surface area contributed by atoms with E-state index >= 15 is 0 Å². The van der Waals surface area contributed by atoms with Crippen LogP contribution in [0.2, 0.25) is 0 Å². The molecule has 2 aromatic heterocycles. The number of carbonyl (C=O) groups is 2. The van der Waals surface area contributed by atoms with Crippen LogP contribution in [-0.2, 0) is 11.3 Å². The number of anilines is 1. The summed E-state index contributed by atoms with van der Waals surface area (Å²) in [7, 11) is 0. The zero-order valence-corrected chi connectivity index (χ0v) is 12.0. The van der Waals surface area contributed by atoms with Crippen molar-refractivity contribution in [1.82, 2.24) is 9.78 Å². The van der Waals surface area contributed by atoms with Gasteiger partial charge in [0.2, 0.25) is 5.91 Å². The third kappa shape index (κ3) is 3.45. The molecule has 1 amide bonds. The zero-order chi connectivity index (χ0) is 14.7. The van der Waals surface area contributed by atoms with Crippen LogP contribution in [0.15, 0.2) is 18.2 Å². The van der Waals surface area contributed by atoms with E-state index in [0.29, 0.717) is 18.0 Å². The molecule has 0 aromatic carbocycles. The van der Waals surface area contributed by atoms with E-state index in [0.717, 1.165) is 22.7 Å². The van der Waals surface area contributed by atoms with Crippen molar-refractivity contribution >= 4 is 28.2 Å². The highest BCUT2D eigenvalue weighted by molar-refractivity contribution is 7.18. The van der Waals surface area contributed by atoms with Gasteiger partial charge in [-0.05, 0) is 32.0 Å². The van der Waals surface area contributed by atoms with Gasteiger partial charge in [-0.1, -0.05) is 0 Å². The number of hydrogen-bond donors (Lipinski definition) is 2. The van der Waals surface area contributed by atoms with Crippen LogP contribution in [0.1, 0.15) is 27.5 Å². The second-order valence-corrected chi connectivity index (χ2v) is 5.50. The zero-order valence-electron chi connectivity index (χ0n) is 11.2. The SMILES string of the molecule is Cc1cc(C)n(CCC(=O)Nc2ccc(C(=O)O)s2)n1. The van der Waals surface area contributed by atoms with Gasteiger partial charge < -0.3 is 10.4 Å². The summed E-state index contributed by atoms with van der Waals surface area (Å²) in [5.74, 6) is -1.14. The van der Waals surface area contributed by atoms with Gasteiger partial charge in [0.1, 0.15) is 4.88 Å². The van der Waals surface area contributed by atoms with E-state index < -0.39 is 5.97 Å². The lowest BCUT2D eigenvalue weighted by atomic mass is 10.3. The Balaban J connectivity index is 1.89. The number of aromatic nitrogens is 2. The van der Waals surface area contributed by atoms with Crippen molar-refractivity contribution in [2.75, 3.05) is 5.32 Å². The van der Waals surface area contributed by atoms with Gasteiger partial charge in [-0.3, -0.25) is 9.48 Å². The van der Waals surface area contributed by atoms with E-state index in [-0.39, 0.29) is 10.8 Å². The maximum atomic E-state index is 11.8. The summed E-state index contributed by atoms with van der Waals surface area (Å²) in [6, 6.07) is 5.02. The molecule has 2 heterocycles. The lowest BCUT2D eigenvalue weighted by Crippen LogP contribution is -2.15. The maximum absolute atomic E-state index is 11.8. The number of carboxylic acid groups (broad SMARTS) is 1. The first-order valence-corrected chi connectivity index (χ1v) is 6.91. The molecule has 7 heteroatoms. The lowest BCUT2D eigenvalue weighted by molar-refractivity contribution is -0.116. The van der Waals surface area contributed by atoms with E-state index in [4.69, 9.17) is 5.11 Å². The predicted octanol–water partition coefficient (Wildman–Crippen LogP) is 2.29. The Hall–Kier alpha value is -2.15. The normalized spacial score (nSPS) is 10.5. The fraction of sp³-hybridized carbons (Fsp3) is 0.308. The molecule has 0 fully saturated rings. The number of nitrogens with one attached hydrogen (secondary N) is 1. The molecule has 0 atom stereocenters. The first-order valence-electron chi connectivity index (χ1n) is 6.10. The highest BCUT2D eigenvalue weighted by atomic mass is 32.1. The van der Waals surface area contributed by atoms with E-state index in [1.54, 1.807) is 10.7 Å². The van der Waals surface area contributed by atoms with E-state index in [1.807, 2.05) is 19.9 Å². The number of hydrogen-bond acceptors (Lipinski definition) is 4. The minimum atomic E-state index is -0.988. The summed E-state index contributed by atoms with van der Waals surface area (Å²) in [5, 5.41) is 16.3. The van der Waals surface area contributed by atoms with Crippen LogP contribution in [0.25, 0.3) is 0 Å². The van der Waals surface area contributed by atoms with Crippen molar-refractivity contribution < 1.29 is 14.7 Å². The summed E-state index contributed by atoms with van der Waals surface area (Å²) < 4.78 is 1.78. The van der Waals surface area contributed by atoms with Crippen molar-refractivity contribution in [3.05, 3.63) is 34.5 Å². The summed E-state index contributed by atoms with van der Waals surface area (Å²) in [6.07, 6.45) is 0.294. The third-order valence-corrected chi connectivity index (χ3v) is 3.72. The molecule has 0 aliphatic heterocycles. The molecule has 0 unspecified atom stereocenters. The van der Waals surface area contributed by atoms with Gasteiger partial charge in [-0.15, -0.1) is 11.3 Å². The fourth-order valence-electron chi connectivity index (χ4n) is 1.83. The minimum Gasteiger partial charge on any atom is -0.477 e. The van der Waals surface area contributed by atoms with Crippen LogP contribution in [-0.4, -0.2) is 26.8 Å². The van der Waals surface area contributed by atoms with Crippen LogP contribution in [0, 0.1) is 13.8 Å². The molecule has 6 nitrogen and oxygen atoms in total. The number of thiophene rings is 1. The standard InChI is InChI=1S/C13H15N3O3S/c1-8-7-9(2)16(15-8)6-5-11(17)14-12-4-3-10(20-12)13(18)19/h3-4,7H,5-6H2,1-2H3,(H,14,17)(H,18,19). The van der Waals surface area contributed by atoms with Crippen molar-refractivity contribution in [3.63, 3.8) is 0 Å². The number of carboxylic acids is 1. The Morgan fingerprint density at radius 3 is 2.70 bits per heavy atom. The number of aromatic carboxylic acids is 1. The minimum absolute atomic E-state index is 0.156. The Morgan fingerprint density at radius 2 is 2.15 bits per heavy atom. The van der Waals surface area contributed by atoms with Gasteiger partial charge in [0.05, 0.1) is 10.7 Å². The Bertz CT molecular complexity index is 645. The Morgan fingerprint density at radius 1 is 1.40 bits per heavy atom. The fourth-order valence-corrected chi connectivity index (χ4v) is 2.59. The lowest BCUT2D eigenvalue weighted by Gasteiger charge is -2.04. The first kappa shape index (κ1) is 14.3. The van der Waals surface area contributed by atoms with Crippen LogP contribution in [0.4, 0.5) is 5.00 Å². The van der Waals surface area contributed by atoms with Gasteiger partial charge in [-0.25, -0.2) is 4.79 Å². The molecule has 0 aliphatic carbocycles. The van der Waals surface area contributed by atoms with E-state index in [1.165, 1.54) is 6.07 Å². The van der Waals surface area contributed by atoms with Gasteiger partial charge >= 0.3 is 5.97 Å². The van der Waals surface area contributed by atoms with Gasteiger partial charge in [-0.2, -0.15) is 5.10 Å². The molecule has 0 radical (unpaired) electrons. The van der Waals surface area contributed by atoms with E-state index in [9.17, 15) is 9.59 Å². The quantitative estimate of drug-likeness (QED) is 0.885. The molecule has 2 N–H and O–H groups in total. The molecule has 106 valence electrons. The van der Waals surface area contributed by atoms with Crippen LogP contribution >= 0.6 is 11.3 Å². The van der Waals surface area contributed by atoms with Crippen molar-refractivity contribution in [2.24, 2.45) is 0 Å². The smallest absolute Gasteiger partial charge is 0.345 e. The van der Waals surface area contributed by atoms with Crippen molar-refractivity contribution in [1.29, 1.82) is 0 Å². The summed E-state index contributed by atoms with van der Waals surface area (Å²) in [5.41, 5.74) is 1.94. The van der Waals surface area contributed by atoms with Crippen LogP contribution < -0.4 is 5.32 Å². The summed E-state index contributed by atoms with van der Waals surface area (Å²) in [6.45, 7) is 4.35. The second-order valence-electron chi connectivity index (χ2n) is 4.42. The summed E-state index contributed by atoms with van der Waals surface area (Å²) >= 11 is 1.04. The maximum Gasteiger partial charge on any atom is 0.345 e. The molecular weight excluding hydrogens is 278 g/mol. The molecule has 0 aliphatic rings. The van der Waals surface area contributed by atoms with Gasteiger partial charge in [0.15, 0.2) is 0 Å². The van der Waals surface area contributed by atoms with Gasteiger partial charge in [0, 0.05) is 18.7 Å². The molecule has 0 saturated carbocycles. The highest BCUT2D eigenvalue weighted by Crippen LogP contribution is 2.21. The predicted molar refractivity (Wildman–Crippen MR) is 76.2 cm³/mol. The number of nitrogens with zero attached hydrogens (tertiary/aromatic N) is 2. The first-order chi connectivity index (χ1) is 9.45. The molecule has 2 rings (SSSR count). The summed E-state index contributed by atoms with van der Waals surface area (Å²) in [4.78, 5) is 22.7. The van der Waals surface area contributed by atoms with Crippen molar-refractivity contribution in [2.45, 2.75) is 26.8 Å². The van der Waals surface area contributed by atoms with Crippen LogP contribution in [0.5, 0.6) is 0 Å². The number of amides is 1. The van der Waals surface area contributed by atoms with Crippen LogP contribution in [0.3, 0.4) is 0 Å². The highest BCUT2D eigenvalue weighted by Gasteiger charge is 2.10. The molecule has 0 saturated heterocycles. The molecule has 0 bridgehead atoms. The van der Waals surface area contributed by atoms with E-state index in [2.05, 4.69) is 10.4 Å². The monoisotopic (exact) mass is 293 g/mol. The molecule has 20 heavy (non-hydrogen) atoms. The Labute approximate surface area is 120 Å².